The monoisotopic (exact) mass is 1210 g/mol. The van der Waals surface area contributed by atoms with E-state index in [1.165, 1.54) is 353 Å². The van der Waals surface area contributed by atoms with Gasteiger partial charge in [-0.25, -0.2) is 0 Å². The zero-order valence-electron chi connectivity index (χ0n) is 57.7. The zero-order chi connectivity index (χ0) is 61.2. The molecule has 0 bridgehead atoms. The molecule has 0 aliphatic carbocycles. The molecule has 2 N–H and O–H groups in total. The van der Waals surface area contributed by atoms with Crippen molar-refractivity contribution >= 4 is 13.7 Å². The number of hydrogen-bond donors (Lipinski definition) is 2. The molecule has 3 atom stereocenters. The zero-order valence-corrected chi connectivity index (χ0v) is 58.5. The maximum Gasteiger partial charge on any atom is 0.268 e. The topological polar surface area (TPSA) is 108 Å². The van der Waals surface area contributed by atoms with E-state index in [-0.39, 0.29) is 19.1 Å². The molecule has 0 aromatic heterocycles. The average molecular weight is 1210 g/mol. The number of carbonyl (C=O) groups excluding carboxylic acids is 1. The number of aliphatic hydroxyl groups is 1. The molecule has 3 unspecified atom stereocenters. The Morgan fingerprint density at radius 3 is 0.893 bits per heavy atom. The summed E-state index contributed by atoms with van der Waals surface area (Å²) >= 11 is 0. The highest BCUT2D eigenvalue weighted by Crippen LogP contribution is 2.38. The smallest absolute Gasteiger partial charge is 0.268 e. The molecule has 0 saturated heterocycles. The van der Waals surface area contributed by atoms with Crippen molar-refractivity contribution in [2.75, 3.05) is 40.9 Å². The largest absolute Gasteiger partial charge is 0.756 e. The van der Waals surface area contributed by atoms with Gasteiger partial charge in [0.1, 0.15) is 13.2 Å². The number of phosphoric ester groups is 1. The lowest BCUT2D eigenvalue weighted by Crippen LogP contribution is -2.45. The molecule has 0 rings (SSSR count). The molecular weight excluding hydrogens is 1060 g/mol. The molecule has 0 aromatic carbocycles. The van der Waals surface area contributed by atoms with Crippen LogP contribution < -0.4 is 10.2 Å². The van der Waals surface area contributed by atoms with Crippen molar-refractivity contribution < 1.29 is 32.9 Å². The first kappa shape index (κ1) is 83.2. The van der Waals surface area contributed by atoms with Gasteiger partial charge in [0, 0.05) is 6.42 Å². The van der Waals surface area contributed by atoms with E-state index in [9.17, 15) is 19.4 Å². The van der Waals surface area contributed by atoms with Crippen LogP contribution >= 0.6 is 7.82 Å². The lowest BCUT2D eigenvalue weighted by Gasteiger charge is -2.29. The fourth-order valence-electron chi connectivity index (χ4n) is 12.1. The number of allylic oxidation sites excluding steroid dienone is 1. The SMILES string of the molecule is CCCCCCCCCCCCCCCCCCCCCC/C=C/C(O)C(COP(=O)([O-])OCC[N+](C)(C)C)NC(=O)CCCCCCCCCCCCCCCCCCCCCCCCCCCCCCCCCCCCCCCCCC. The third-order valence-electron chi connectivity index (χ3n) is 18.0. The van der Waals surface area contributed by atoms with E-state index in [2.05, 4.69) is 19.2 Å². The van der Waals surface area contributed by atoms with Gasteiger partial charge in [0.2, 0.25) is 5.91 Å². The molecule has 9 heteroatoms. The highest BCUT2D eigenvalue weighted by Gasteiger charge is 2.23. The fraction of sp³-hybridized carbons (Fsp3) is 0.960. The van der Waals surface area contributed by atoms with Crippen molar-refractivity contribution in [2.24, 2.45) is 0 Å². The van der Waals surface area contributed by atoms with Gasteiger partial charge < -0.3 is 28.8 Å². The lowest BCUT2D eigenvalue weighted by molar-refractivity contribution is -0.870. The number of quaternary nitrogens is 1. The Morgan fingerprint density at radius 1 is 0.405 bits per heavy atom. The number of hydrogen-bond acceptors (Lipinski definition) is 6. The molecule has 0 spiro atoms. The third kappa shape index (κ3) is 68.7. The summed E-state index contributed by atoms with van der Waals surface area (Å²) in [6.45, 7) is 4.73. The number of aliphatic hydroxyl groups excluding tert-OH is 1. The van der Waals surface area contributed by atoms with E-state index in [0.717, 1.165) is 38.5 Å². The minimum atomic E-state index is -4.60. The summed E-state index contributed by atoms with van der Waals surface area (Å²) in [5.41, 5.74) is 0. The summed E-state index contributed by atoms with van der Waals surface area (Å²) in [4.78, 5) is 25.6. The molecule has 8 nitrogen and oxygen atoms in total. The number of carbonyl (C=O) groups is 1. The second kappa shape index (κ2) is 66.7. The summed E-state index contributed by atoms with van der Waals surface area (Å²) in [6.07, 6.45) is 86.6. The van der Waals surface area contributed by atoms with Crippen molar-refractivity contribution in [3.8, 4) is 0 Å². The highest BCUT2D eigenvalue weighted by atomic mass is 31.2. The van der Waals surface area contributed by atoms with E-state index in [1.54, 1.807) is 6.08 Å². The van der Waals surface area contributed by atoms with Gasteiger partial charge in [-0.05, 0) is 19.3 Å². The van der Waals surface area contributed by atoms with Gasteiger partial charge in [-0.1, -0.05) is 398 Å². The molecule has 0 saturated carbocycles. The van der Waals surface area contributed by atoms with Crippen LogP contribution in [0.15, 0.2) is 12.2 Å². The quantitative estimate of drug-likeness (QED) is 0.0272. The van der Waals surface area contributed by atoms with Crippen LogP contribution in [0, 0.1) is 0 Å². The maximum atomic E-state index is 13.0. The molecule has 502 valence electrons. The Labute approximate surface area is 526 Å². The Bertz CT molecular complexity index is 1370. The maximum absolute atomic E-state index is 13.0. The Kier molecular flexibility index (Phi) is 66.1. The summed E-state index contributed by atoms with van der Waals surface area (Å²) in [6, 6.07) is -0.884. The molecule has 0 radical (unpaired) electrons. The first-order valence-electron chi connectivity index (χ1n) is 38.1. The predicted molar refractivity (Wildman–Crippen MR) is 367 cm³/mol. The molecule has 84 heavy (non-hydrogen) atoms. The third-order valence-corrected chi connectivity index (χ3v) is 19.0. The minimum absolute atomic E-state index is 0.00301. The average Bonchev–Trinajstić information content (AvgIpc) is 3.56. The van der Waals surface area contributed by atoms with Crippen molar-refractivity contribution in [2.45, 2.75) is 424 Å². The van der Waals surface area contributed by atoms with Crippen molar-refractivity contribution in [1.29, 1.82) is 0 Å². The van der Waals surface area contributed by atoms with Crippen LogP contribution in [0.5, 0.6) is 0 Å². The summed E-state index contributed by atoms with van der Waals surface area (Å²) in [5.74, 6) is -0.187. The highest BCUT2D eigenvalue weighted by molar-refractivity contribution is 7.45. The predicted octanol–water partition coefficient (Wildman–Crippen LogP) is 23.8. The minimum Gasteiger partial charge on any atom is -0.756 e. The van der Waals surface area contributed by atoms with Crippen molar-refractivity contribution in [3.05, 3.63) is 12.2 Å². The van der Waals surface area contributed by atoms with E-state index in [0.29, 0.717) is 17.4 Å². The Morgan fingerprint density at radius 2 is 0.643 bits per heavy atom. The fourth-order valence-corrected chi connectivity index (χ4v) is 12.8. The number of nitrogens with zero attached hydrogens (tertiary/aromatic N) is 1. The second-order valence-electron chi connectivity index (χ2n) is 27.7. The number of rotatable bonds is 72. The van der Waals surface area contributed by atoms with E-state index >= 15 is 0 Å². The summed E-state index contributed by atoms with van der Waals surface area (Å²) in [5, 5.41) is 14.0. The number of likely N-dealkylation sites (N-methyl/N-ethyl adjacent to an activating group) is 1. The molecule has 0 fully saturated rings. The van der Waals surface area contributed by atoms with Gasteiger partial charge in [-0.3, -0.25) is 9.36 Å². The normalized spacial score (nSPS) is 13.6. The van der Waals surface area contributed by atoms with Crippen molar-refractivity contribution in [3.63, 3.8) is 0 Å². The van der Waals surface area contributed by atoms with Gasteiger partial charge in [-0.15, -0.1) is 0 Å². The Hall–Kier alpha value is -0.760. The van der Waals surface area contributed by atoms with Crippen molar-refractivity contribution in [1.82, 2.24) is 5.32 Å². The van der Waals surface area contributed by atoms with Gasteiger partial charge in [0.25, 0.3) is 7.82 Å². The number of phosphoric acid groups is 1. The van der Waals surface area contributed by atoms with Gasteiger partial charge in [0.15, 0.2) is 0 Å². The van der Waals surface area contributed by atoms with E-state index in [4.69, 9.17) is 9.05 Å². The molecule has 0 heterocycles. The van der Waals surface area contributed by atoms with Crippen LogP contribution in [0.25, 0.3) is 0 Å². The number of amides is 1. The number of unbranched alkanes of at least 4 members (excludes halogenated alkanes) is 59. The van der Waals surface area contributed by atoms with Crippen LogP contribution in [-0.4, -0.2) is 68.5 Å². The molecule has 0 aliphatic heterocycles. The van der Waals surface area contributed by atoms with Crippen LogP contribution in [0.2, 0.25) is 0 Å². The Balaban J connectivity index is 3.88. The van der Waals surface area contributed by atoms with Crippen LogP contribution in [-0.2, 0) is 18.4 Å². The van der Waals surface area contributed by atoms with Gasteiger partial charge >= 0.3 is 0 Å². The molecular formula is C75H151N2O6P. The summed E-state index contributed by atoms with van der Waals surface area (Å²) < 4.78 is 23.5. The van der Waals surface area contributed by atoms with Gasteiger partial charge in [0.05, 0.1) is 39.9 Å². The van der Waals surface area contributed by atoms with E-state index in [1.807, 2.05) is 27.2 Å². The van der Waals surface area contributed by atoms with Crippen LogP contribution in [0.1, 0.15) is 412 Å². The second-order valence-corrected chi connectivity index (χ2v) is 29.1. The standard InChI is InChI=1S/C75H151N2O6P/c1-6-8-10-12-14-16-18-20-22-24-26-28-30-31-32-33-34-35-36-37-38-39-40-41-42-43-44-45-46-47-49-51-53-55-57-59-61-63-65-67-69-75(79)76-73(72-83-84(80,81)82-71-70-77(3,4)5)74(78)68-66-64-62-60-58-56-54-52-50-48-29-27-25-23-21-19-17-15-13-11-9-7-2/h66,68,73-74,78H,6-65,67,69-72H2,1-5H3,(H-,76,79,80,81)/b68-66+. The lowest BCUT2D eigenvalue weighted by atomic mass is 10.0. The van der Waals surface area contributed by atoms with Gasteiger partial charge in [-0.2, -0.15) is 0 Å². The first-order chi connectivity index (χ1) is 41.0. The van der Waals surface area contributed by atoms with E-state index < -0.39 is 20.0 Å². The molecule has 0 aromatic rings. The van der Waals surface area contributed by atoms with Crippen LogP contribution in [0.3, 0.4) is 0 Å². The molecule has 1 amide bonds. The molecule has 0 aliphatic rings. The summed E-state index contributed by atoms with van der Waals surface area (Å²) in [7, 11) is 1.29. The first-order valence-corrected chi connectivity index (χ1v) is 39.5. The van der Waals surface area contributed by atoms with Crippen LogP contribution in [0.4, 0.5) is 0 Å². The number of nitrogens with one attached hydrogen (secondary N) is 1.